The predicted octanol–water partition coefficient (Wildman–Crippen LogP) is 3.14. The van der Waals surface area contributed by atoms with Gasteiger partial charge in [0.15, 0.2) is 0 Å². The summed E-state index contributed by atoms with van der Waals surface area (Å²) in [6.07, 6.45) is 0. The summed E-state index contributed by atoms with van der Waals surface area (Å²) in [6, 6.07) is 18.0. The van der Waals surface area contributed by atoms with E-state index in [2.05, 4.69) is 46.3 Å². The number of nitrogens with zero attached hydrogens (tertiary/aromatic N) is 2. The lowest BCUT2D eigenvalue weighted by atomic mass is 10.1. The summed E-state index contributed by atoms with van der Waals surface area (Å²) in [5.41, 5.74) is 3.47. The van der Waals surface area contributed by atoms with Crippen LogP contribution < -0.4 is 10.2 Å². The zero-order chi connectivity index (χ0) is 16.9. The van der Waals surface area contributed by atoms with Gasteiger partial charge in [-0.05, 0) is 37.6 Å². The van der Waals surface area contributed by atoms with Gasteiger partial charge in [0, 0.05) is 37.6 Å². The summed E-state index contributed by atoms with van der Waals surface area (Å²) >= 11 is 0. The Morgan fingerprint density at radius 1 is 0.958 bits per heavy atom. The summed E-state index contributed by atoms with van der Waals surface area (Å²) in [7, 11) is 0. The van der Waals surface area contributed by atoms with Gasteiger partial charge in [0.2, 0.25) is 5.91 Å². The Hall–Kier alpha value is -2.33. The van der Waals surface area contributed by atoms with Crippen molar-refractivity contribution in [2.24, 2.45) is 0 Å². The second-order valence-corrected chi connectivity index (χ2v) is 6.34. The predicted molar refractivity (Wildman–Crippen MR) is 99.5 cm³/mol. The van der Waals surface area contributed by atoms with Crippen molar-refractivity contribution in [1.29, 1.82) is 0 Å². The third kappa shape index (κ3) is 3.77. The number of hydrogen-bond donors (Lipinski definition) is 1. The lowest BCUT2D eigenvalue weighted by Gasteiger charge is -2.39. The largest absolute Gasteiger partial charge is 0.369 e. The van der Waals surface area contributed by atoms with E-state index in [1.54, 1.807) is 0 Å². The molecule has 1 N–H and O–H groups in total. The number of nitrogens with one attached hydrogen (secondary N) is 1. The minimum absolute atomic E-state index is 0.0607. The molecule has 1 aliphatic heterocycles. The van der Waals surface area contributed by atoms with Crippen LogP contribution in [0.3, 0.4) is 0 Å². The van der Waals surface area contributed by atoms with Crippen molar-refractivity contribution in [2.45, 2.75) is 19.9 Å². The summed E-state index contributed by atoms with van der Waals surface area (Å²) in [4.78, 5) is 17.1. The summed E-state index contributed by atoms with van der Waals surface area (Å²) in [6.45, 7) is 7.84. The van der Waals surface area contributed by atoms with Crippen LogP contribution in [0.2, 0.25) is 0 Å². The average Bonchev–Trinajstić information content (AvgIpc) is 2.62. The topological polar surface area (TPSA) is 35.6 Å². The van der Waals surface area contributed by atoms with E-state index >= 15 is 0 Å². The molecule has 2 aromatic rings. The van der Waals surface area contributed by atoms with E-state index in [1.165, 1.54) is 11.3 Å². The number of benzene rings is 2. The van der Waals surface area contributed by atoms with Crippen LogP contribution in [0, 0.1) is 6.92 Å². The van der Waals surface area contributed by atoms with Crippen LogP contribution in [0.4, 0.5) is 11.4 Å². The molecule has 1 aliphatic rings. The lowest BCUT2D eigenvalue weighted by Crippen LogP contribution is -2.53. The standard InChI is InChI=1S/C20H25N3O/c1-16-8-6-7-11-19(16)23-14-12-22(13-15-23)17(2)20(24)21-18-9-4-3-5-10-18/h3-11,17H,12-15H2,1-2H3,(H,21,24). The second kappa shape index (κ2) is 7.49. The molecule has 126 valence electrons. The van der Waals surface area contributed by atoms with Gasteiger partial charge in [-0.1, -0.05) is 36.4 Å². The van der Waals surface area contributed by atoms with Crippen molar-refractivity contribution in [1.82, 2.24) is 4.90 Å². The molecule has 1 saturated heterocycles. The Labute approximate surface area is 144 Å². The molecule has 1 heterocycles. The highest BCUT2D eigenvalue weighted by Crippen LogP contribution is 2.21. The van der Waals surface area contributed by atoms with Gasteiger partial charge in [0.05, 0.1) is 6.04 Å². The zero-order valence-corrected chi connectivity index (χ0v) is 14.4. The molecule has 0 aromatic heterocycles. The molecule has 3 rings (SSSR count). The normalized spacial score (nSPS) is 16.7. The van der Waals surface area contributed by atoms with Crippen molar-refractivity contribution in [3.8, 4) is 0 Å². The minimum atomic E-state index is -0.121. The number of piperazine rings is 1. The van der Waals surface area contributed by atoms with Crippen LogP contribution in [0.5, 0.6) is 0 Å². The van der Waals surface area contributed by atoms with Gasteiger partial charge >= 0.3 is 0 Å². The van der Waals surface area contributed by atoms with Crippen LogP contribution in [0.1, 0.15) is 12.5 Å². The maximum absolute atomic E-state index is 12.5. The van der Waals surface area contributed by atoms with E-state index in [-0.39, 0.29) is 11.9 Å². The molecule has 1 unspecified atom stereocenters. The number of carbonyl (C=O) groups excluding carboxylic acids is 1. The first-order valence-corrected chi connectivity index (χ1v) is 8.55. The van der Waals surface area contributed by atoms with E-state index in [0.717, 1.165) is 31.9 Å². The van der Waals surface area contributed by atoms with Crippen LogP contribution in [-0.4, -0.2) is 43.0 Å². The minimum Gasteiger partial charge on any atom is -0.369 e. The maximum Gasteiger partial charge on any atom is 0.241 e. The van der Waals surface area contributed by atoms with Crippen molar-refractivity contribution in [2.75, 3.05) is 36.4 Å². The number of rotatable bonds is 4. The maximum atomic E-state index is 12.5. The number of aryl methyl sites for hydroxylation is 1. The molecule has 0 spiro atoms. The van der Waals surface area contributed by atoms with Crippen LogP contribution in [0.15, 0.2) is 54.6 Å². The molecule has 4 heteroatoms. The second-order valence-electron chi connectivity index (χ2n) is 6.34. The smallest absolute Gasteiger partial charge is 0.241 e. The molecule has 4 nitrogen and oxygen atoms in total. The van der Waals surface area contributed by atoms with Gasteiger partial charge in [0.1, 0.15) is 0 Å². The first-order chi connectivity index (χ1) is 11.6. The third-order valence-corrected chi connectivity index (χ3v) is 4.74. The Balaban J connectivity index is 1.56. The molecule has 2 aromatic carbocycles. The van der Waals surface area contributed by atoms with Gasteiger partial charge in [-0.3, -0.25) is 9.69 Å². The van der Waals surface area contributed by atoms with E-state index in [0.29, 0.717) is 0 Å². The third-order valence-electron chi connectivity index (χ3n) is 4.74. The molecule has 0 bridgehead atoms. The molecular formula is C20H25N3O. The van der Waals surface area contributed by atoms with E-state index < -0.39 is 0 Å². The molecule has 24 heavy (non-hydrogen) atoms. The van der Waals surface area contributed by atoms with Crippen LogP contribution in [0.25, 0.3) is 0 Å². The number of hydrogen-bond acceptors (Lipinski definition) is 3. The Bertz CT molecular complexity index is 678. The molecule has 0 radical (unpaired) electrons. The molecular weight excluding hydrogens is 298 g/mol. The number of amides is 1. The summed E-state index contributed by atoms with van der Waals surface area (Å²) in [5.74, 6) is 0.0607. The highest BCUT2D eigenvalue weighted by molar-refractivity contribution is 5.94. The van der Waals surface area contributed by atoms with Crippen molar-refractivity contribution in [3.05, 3.63) is 60.2 Å². The van der Waals surface area contributed by atoms with Gasteiger partial charge in [-0.25, -0.2) is 0 Å². The molecule has 0 aliphatic carbocycles. The van der Waals surface area contributed by atoms with E-state index in [4.69, 9.17) is 0 Å². The fourth-order valence-electron chi connectivity index (χ4n) is 3.20. The van der Waals surface area contributed by atoms with Gasteiger partial charge in [-0.15, -0.1) is 0 Å². The quantitative estimate of drug-likeness (QED) is 0.939. The fraction of sp³-hybridized carbons (Fsp3) is 0.350. The number of carbonyl (C=O) groups is 1. The highest BCUT2D eigenvalue weighted by atomic mass is 16.2. The van der Waals surface area contributed by atoms with E-state index in [9.17, 15) is 4.79 Å². The molecule has 1 atom stereocenters. The number of anilines is 2. The monoisotopic (exact) mass is 323 g/mol. The first-order valence-electron chi connectivity index (χ1n) is 8.55. The van der Waals surface area contributed by atoms with Gasteiger partial charge in [-0.2, -0.15) is 0 Å². The van der Waals surface area contributed by atoms with Crippen LogP contribution >= 0.6 is 0 Å². The van der Waals surface area contributed by atoms with Crippen molar-refractivity contribution >= 4 is 17.3 Å². The van der Waals surface area contributed by atoms with Gasteiger partial charge in [0.25, 0.3) is 0 Å². The molecule has 1 fully saturated rings. The Morgan fingerprint density at radius 2 is 1.58 bits per heavy atom. The zero-order valence-electron chi connectivity index (χ0n) is 14.4. The molecule has 0 saturated carbocycles. The van der Waals surface area contributed by atoms with E-state index in [1.807, 2.05) is 37.3 Å². The Kier molecular flexibility index (Phi) is 5.16. The first kappa shape index (κ1) is 16.5. The average molecular weight is 323 g/mol. The number of para-hydroxylation sites is 2. The fourth-order valence-corrected chi connectivity index (χ4v) is 3.20. The van der Waals surface area contributed by atoms with Crippen LogP contribution in [-0.2, 0) is 4.79 Å². The summed E-state index contributed by atoms with van der Waals surface area (Å²) < 4.78 is 0. The highest BCUT2D eigenvalue weighted by Gasteiger charge is 2.26. The van der Waals surface area contributed by atoms with Crippen molar-refractivity contribution < 1.29 is 4.79 Å². The lowest BCUT2D eigenvalue weighted by molar-refractivity contribution is -0.120. The molecule has 1 amide bonds. The Morgan fingerprint density at radius 3 is 2.25 bits per heavy atom. The SMILES string of the molecule is Cc1ccccc1N1CCN(C(C)C(=O)Nc2ccccc2)CC1. The van der Waals surface area contributed by atoms with Crippen molar-refractivity contribution in [3.63, 3.8) is 0 Å². The van der Waals surface area contributed by atoms with Gasteiger partial charge < -0.3 is 10.2 Å². The summed E-state index contributed by atoms with van der Waals surface area (Å²) in [5, 5.41) is 3.00.